The minimum absolute atomic E-state index is 0.170. The van der Waals surface area contributed by atoms with Gasteiger partial charge < -0.3 is 15.4 Å². The minimum atomic E-state index is -0.598. The molecule has 6 nitrogen and oxygen atoms in total. The Morgan fingerprint density at radius 1 is 1.00 bits per heavy atom. The molecule has 0 aliphatic heterocycles. The van der Waals surface area contributed by atoms with E-state index in [1.54, 1.807) is 36.4 Å². The highest BCUT2D eigenvalue weighted by Crippen LogP contribution is 2.26. The SMILES string of the molecule is N#C/C(=C\c1cc(Cl)ccc1OCC(=O)Nc1ccc(F)cc1)C(=O)Nc1ccccc1. The molecule has 0 aliphatic carbocycles. The Hall–Kier alpha value is -4.15. The van der Waals surface area contributed by atoms with Crippen LogP contribution in [0, 0.1) is 17.1 Å². The Labute approximate surface area is 188 Å². The van der Waals surface area contributed by atoms with E-state index in [9.17, 15) is 19.2 Å². The summed E-state index contributed by atoms with van der Waals surface area (Å²) in [6, 6.07) is 20.5. The molecule has 2 N–H and O–H groups in total. The third kappa shape index (κ3) is 6.42. The summed E-state index contributed by atoms with van der Waals surface area (Å²) >= 11 is 6.06. The number of nitriles is 1. The molecule has 0 spiro atoms. The van der Waals surface area contributed by atoms with Gasteiger partial charge in [-0.25, -0.2) is 4.39 Å². The minimum Gasteiger partial charge on any atom is -0.483 e. The summed E-state index contributed by atoms with van der Waals surface area (Å²) in [6.45, 7) is -0.349. The van der Waals surface area contributed by atoms with Gasteiger partial charge in [0.1, 0.15) is 23.2 Å². The zero-order chi connectivity index (χ0) is 22.9. The highest BCUT2D eigenvalue weighted by molar-refractivity contribution is 6.30. The van der Waals surface area contributed by atoms with Gasteiger partial charge in [0.05, 0.1) is 0 Å². The number of amides is 2. The average Bonchev–Trinajstić information content (AvgIpc) is 2.79. The number of hydrogen-bond donors (Lipinski definition) is 2. The molecular weight excluding hydrogens is 433 g/mol. The maximum absolute atomic E-state index is 13.0. The van der Waals surface area contributed by atoms with Gasteiger partial charge >= 0.3 is 0 Å². The summed E-state index contributed by atoms with van der Waals surface area (Å²) in [4.78, 5) is 24.6. The smallest absolute Gasteiger partial charge is 0.266 e. The van der Waals surface area contributed by atoms with Crippen molar-refractivity contribution in [3.05, 3.63) is 94.8 Å². The van der Waals surface area contributed by atoms with Crippen LogP contribution in [0.1, 0.15) is 5.56 Å². The van der Waals surface area contributed by atoms with Gasteiger partial charge in [0, 0.05) is 22.0 Å². The van der Waals surface area contributed by atoms with E-state index in [0.717, 1.165) is 0 Å². The van der Waals surface area contributed by atoms with E-state index in [1.807, 2.05) is 6.07 Å². The van der Waals surface area contributed by atoms with Crippen molar-refractivity contribution in [1.82, 2.24) is 0 Å². The highest BCUT2D eigenvalue weighted by Gasteiger charge is 2.13. The van der Waals surface area contributed by atoms with Crippen LogP contribution >= 0.6 is 11.6 Å². The molecule has 0 unspecified atom stereocenters. The van der Waals surface area contributed by atoms with Gasteiger partial charge in [0.15, 0.2) is 6.61 Å². The standard InChI is InChI=1S/C24H17ClFN3O3/c25-18-6-11-22(32-15-23(30)28-21-9-7-19(26)8-10-21)16(13-18)12-17(14-27)24(31)29-20-4-2-1-3-5-20/h1-13H,15H2,(H,28,30)(H,29,31)/b17-12+. The molecule has 0 fully saturated rings. The third-order valence-corrected chi connectivity index (χ3v) is 4.39. The highest BCUT2D eigenvalue weighted by atomic mass is 35.5. The first-order valence-electron chi connectivity index (χ1n) is 9.40. The lowest BCUT2D eigenvalue weighted by atomic mass is 10.1. The van der Waals surface area contributed by atoms with Crippen molar-refractivity contribution in [2.45, 2.75) is 0 Å². The van der Waals surface area contributed by atoms with Crippen molar-refractivity contribution in [3.8, 4) is 11.8 Å². The summed E-state index contributed by atoms with van der Waals surface area (Å²) in [5.74, 6) is -1.23. The van der Waals surface area contributed by atoms with Crippen LogP contribution < -0.4 is 15.4 Å². The number of carbonyl (C=O) groups is 2. The van der Waals surface area contributed by atoms with Crippen molar-refractivity contribution < 1.29 is 18.7 Å². The van der Waals surface area contributed by atoms with E-state index >= 15 is 0 Å². The average molecular weight is 450 g/mol. The maximum atomic E-state index is 13.0. The van der Waals surface area contributed by atoms with Crippen LogP contribution in [0.25, 0.3) is 6.08 Å². The number of ether oxygens (including phenoxy) is 1. The Kier molecular flexibility index (Phi) is 7.57. The van der Waals surface area contributed by atoms with Crippen LogP contribution in [0.3, 0.4) is 0 Å². The molecule has 0 saturated carbocycles. The molecule has 0 atom stereocenters. The number of rotatable bonds is 7. The topological polar surface area (TPSA) is 91.2 Å². The Morgan fingerprint density at radius 2 is 1.69 bits per heavy atom. The molecule has 3 rings (SSSR count). The predicted octanol–water partition coefficient (Wildman–Crippen LogP) is 5.04. The number of anilines is 2. The molecule has 0 radical (unpaired) electrons. The molecular formula is C24H17ClFN3O3. The molecule has 8 heteroatoms. The summed E-state index contributed by atoms with van der Waals surface area (Å²) in [5.41, 5.74) is 1.14. The van der Waals surface area contributed by atoms with E-state index in [4.69, 9.17) is 16.3 Å². The van der Waals surface area contributed by atoms with Crippen LogP contribution in [-0.2, 0) is 9.59 Å². The number of nitrogens with zero attached hydrogens (tertiary/aromatic N) is 1. The normalized spacial score (nSPS) is 10.7. The van der Waals surface area contributed by atoms with Crippen molar-refractivity contribution in [3.63, 3.8) is 0 Å². The number of nitrogens with one attached hydrogen (secondary N) is 2. The predicted molar refractivity (Wildman–Crippen MR) is 121 cm³/mol. The molecule has 0 bridgehead atoms. The molecule has 0 saturated heterocycles. The van der Waals surface area contributed by atoms with Gasteiger partial charge in [-0.3, -0.25) is 9.59 Å². The zero-order valence-electron chi connectivity index (χ0n) is 16.6. The Balaban J connectivity index is 1.73. The number of para-hydroxylation sites is 1. The van der Waals surface area contributed by atoms with E-state index in [-0.39, 0.29) is 17.9 Å². The molecule has 2 amide bonds. The van der Waals surface area contributed by atoms with Crippen LogP contribution in [-0.4, -0.2) is 18.4 Å². The lowest BCUT2D eigenvalue weighted by Gasteiger charge is -2.11. The summed E-state index contributed by atoms with van der Waals surface area (Å²) in [6.07, 6.45) is 1.33. The monoisotopic (exact) mass is 449 g/mol. The zero-order valence-corrected chi connectivity index (χ0v) is 17.4. The van der Waals surface area contributed by atoms with Gasteiger partial charge in [0.2, 0.25) is 0 Å². The van der Waals surface area contributed by atoms with Gasteiger partial charge in [-0.15, -0.1) is 0 Å². The number of halogens is 2. The number of hydrogen-bond acceptors (Lipinski definition) is 4. The maximum Gasteiger partial charge on any atom is 0.266 e. The molecule has 0 aromatic heterocycles. The van der Waals surface area contributed by atoms with Crippen LogP contribution in [0.15, 0.2) is 78.4 Å². The lowest BCUT2D eigenvalue weighted by Crippen LogP contribution is -2.20. The second kappa shape index (κ2) is 10.8. The van der Waals surface area contributed by atoms with E-state index in [1.165, 1.54) is 42.5 Å². The third-order valence-electron chi connectivity index (χ3n) is 4.16. The van der Waals surface area contributed by atoms with Crippen molar-refractivity contribution >= 4 is 40.9 Å². The fourth-order valence-corrected chi connectivity index (χ4v) is 2.84. The quantitative estimate of drug-likeness (QED) is 0.390. The van der Waals surface area contributed by atoms with E-state index < -0.39 is 17.6 Å². The summed E-state index contributed by atoms with van der Waals surface area (Å²) in [5, 5.41) is 15.0. The van der Waals surface area contributed by atoms with Gasteiger partial charge in [-0.2, -0.15) is 5.26 Å². The second-order valence-corrected chi connectivity index (χ2v) is 6.95. The lowest BCUT2D eigenvalue weighted by molar-refractivity contribution is -0.118. The summed E-state index contributed by atoms with van der Waals surface area (Å²) in [7, 11) is 0. The van der Waals surface area contributed by atoms with Crippen molar-refractivity contribution in [2.75, 3.05) is 17.2 Å². The fraction of sp³-hybridized carbons (Fsp3) is 0.0417. The Morgan fingerprint density at radius 3 is 2.38 bits per heavy atom. The molecule has 32 heavy (non-hydrogen) atoms. The fourth-order valence-electron chi connectivity index (χ4n) is 2.66. The molecule has 3 aromatic carbocycles. The second-order valence-electron chi connectivity index (χ2n) is 6.52. The molecule has 3 aromatic rings. The van der Waals surface area contributed by atoms with E-state index in [0.29, 0.717) is 22.0 Å². The van der Waals surface area contributed by atoms with Crippen molar-refractivity contribution in [1.29, 1.82) is 5.26 Å². The van der Waals surface area contributed by atoms with Crippen LogP contribution in [0.2, 0.25) is 5.02 Å². The first-order valence-corrected chi connectivity index (χ1v) is 9.78. The van der Waals surface area contributed by atoms with Crippen molar-refractivity contribution in [2.24, 2.45) is 0 Å². The Bertz CT molecular complexity index is 1190. The van der Waals surface area contributed by atoms with Gasteiger partial charge in [-0.05, 0) is 60.7 Å². The van der Waals surface area contributed by atoms with E-state index in [2.05, 4.69) is 10.6 Å². The largest absolute Gasteiger partial charge is 0.483 e. The van der Waals surface area contributed by atoms with Crippen LogP contribution in [0.5, 0.6) is 5.75 Å². The number of carbonyl (C=O) groups excluding carboxylic acids is 2. The van der Waals surface area contributed by atoms with Crippen LogP contribution in [0.4, 0.5) is 15.8 Å². The van der Waals surface area contributed by atoms with Gasteiger partial charge in [-0.1, -0.05) is 29.8 Å². The molecule has 0 aliphatic rings. The van der Waals surface area contributed by atoms with Gasteiger partial charge in [0.25, 0.3) is 11.8 Å². The molecule has 160 valence electrons. The summed E-state index contributed by atoms with van der Waals surface area (Å²) < 4.78 is 18.5. The first kappa shape index (κ1) is 22.5. The molecule has 0 heterocycles. The number of benzene rings is 3. The first-order chi connectivity index (χ1) is 15.4.